The van der Waals surface area contributed by atoms with E-state index < -0.39 is 15.6 Å². The summed E-state index contributed by atoms with van der Waals surface area (Å²) in [5.74, 6) is 0.523. The Morgan fingerprint density at radius 3 is 2.46 bits per heavy atom. The van der Waals surface area contributed by atoms with Crippen LogP contribution in [-0.4, -0.2) is 42.5 Å². The molecule has 1 heterocycles. The van der Waals surface area contributed by atoms with Gasteiger partial charge in [0.15, 0.2) is 5.03 Å². The molecule has 8 nitrogen and oxygen atoms in total. The van der Waals surface area contributed by atoms with E-state index >= 15 is 0 Å². The molecule has 0 aliphatic rings. The van der Waals surface area contributed by atoms with Gasteiger partial charge in [-0.25, -0.2) is 18.1 Å². The van der Waals surface area contributed by atoms with Crippen LogP contribution in [0.1, 0.15) is 33.0 Å². The Hall–Kier alpha value is -1.16. The van der Waals surface area contributed by atoms with Crippen LogP contribution >= 0.6 is 12.4 Å². The lowest BCUT2D eigenvalue weighted by atomic mass is 9.88. The van der Waals surface area contributed by atoms with E-state index in [-0.39, 0.29) is 42.2 Å². The highest BCUT2D eigenvalue weighted by Crippen LogP contribution is 2.14. The van der Waals surface area contributed by atoms with Gasteiger partial charge in [0, 0.05) is 32.8 Å². The van der Waals surface area contributed by atoms with Crippen LogP contribution in [0.15, 0.2) is 11.2 Å². The lowest BCUT2D eigenvalue weighted by Crippen LogP contribution is -2.55. The van der Waals surface area contributed by atoms with Crippen LogP contribution in [0.4, 0.5) is 0 Å². The van der Waals surface area contributed by atoms with E-state index in [1.54, 1.807) is 18.5 Å². The van der Waals surface area contributed by atoms with Gasteiger partial charge in [0.25, 0.3) is 10.0 Å². The zero-order valence-corrected chi connectivity index (χ0v) is 16.4. The summed E-state index contributed by atoms with van der Waals surface area (Å²) in [5.41, 5.74) is 5.20. The average molecular weight is 382 g/mol. The van der Waals surface area contributed by atoms with E-state index in [1.807, 2.05) is 20.8 Å². The second kappa shape index (κ2) is 8.80. The molecular weight excluding hydrogens is 354 g/mol. The number of nitrogens with one attached hydrogen (secondary N) is 2. The number of aromatic nitrogens is 2. The molecule has 0 fully saturated rings. The van der Waals surface area contributed by atoms with Gasteiger partial charge in [0.05, 0.1) is 5.54 Å². The number of halogens is 1. The van der Waals surface area contributed by atoms with Crippen molar-refractivity contribution < 1.29 is 13.2 Å². The Morgan fingerprint density at radius 1 is 1.46 bits per heavy atom. The third-order valence-electron chi connectivity index (χ3n) is 4.13. The highest BCUT2D eigenvalue weighted by molar-refractivity contribution is 7.89. The normalized spacial score (nSPS) is 14.1. The standard InChI is InChI=1S/C14H27N5O3S.ClH/c1-10(2)14(4,9-15)18-12(20)6-7-16-23(21,22)13-8-19(5)11(3)17-13;/h8,10,16H,6-7,9,15H2,1-5H3,(H,18,20);1H. The van der Waals surface area contributed by atoms with Crippen LogP contribution in [0, 0.1) is 12.8 Å². The Morgan fingerprint density at radius 2 is 2.04 bits per heavy atom. The Balaban J connectivity index is 0.00000529. The molecule has 4 N–H and O–H groups in total. The SMILES string of the molecule is Cc1nc(S(=O)(=O)NCCC(=O)NC(C)(CN)C(C)C)cn1C.Cl. The molecular formula is C14H28ClN5O3S. The molecule has 0 radical (unpaired) electrons. The van der Waals surface area contributed by atoms with Crippen LogP contribution in [-0.2, 0) is 21.9 Å². The van der Waals surface area contributed by atoms with Gasteiger partial charge in [-0.1, -0.05) is 13.8 Å². The number of rotatable bonds is 8. The van der Waals surface area contributed by atoms with Gasteiger partial charge in [-0.15, -0.1) is 12.4 Å². The van der Waals surface area contributed by atoms with Gasteiger partial charge in [0.2, 0.25) is 5.91 Å². The molecule has 1 rings (SSSR count). The minimum atomic E-state index is -3.71. The molecule has 1 unspecified atom stereocenters. The van der Waals surface area contributed by atoms with Crippen molar-refractivity contribution in [2.75, 3.05) is 13.1 Å². The summed E-state index contributed by atoms with van der Waals surface area (Å²) in [6.45, 7) is 7.85. The monoisotopic (exact) mass is 381 g/mol. The molecule has 0 bridgehead atoms. The van der Waals surface area contributed by atoms with Crippen molar-refractivity contribution in [3.05, 3.63) is 12.0 Å². The summed E-state index contributed by atoms with van der Waals surface area (Å²) < 4.78 is 28.2. The third-order valence-corrected chi connectivity index (χ3v) is 5.46. The van der Waals surface area contributed by atoms with E-state index in [1.165, 1.54) is 6.20 Å². The molecule has 140 valence electrons. The lowest BCUT2D eigenvalue weighted by Gasteiger charge is -2.33. The van der Waals surface area contributed by atoms with Crippen LogP contribution in [0.2, 0.25) is 0 Å². The number of amides is 1. The summed E-state index contributed by atoms with van der Waals surface area (Å²) in [6.07, 6.45) is 1.47. The van der Waals surface area contributed by atoms with Crippen LogP contribution in [0.25, 0.3) is 0 Å². The maximum Gasteiger partial charge on any atom is 0.259 e. The number of imidazole rings is 1. The summed E-state index contributed by atoms with van der Waals surface area (Å²) >= 11 is 0. The third kappa shape index (κ3) is 5.73. The second-order valence-corrected chi connectivity index (χ2v) is 7.92. The lowest BCUT2D eigenvalue weighted by molar-refractivity contribution is -0.123. The van der Waals surface area contributed by atoms with Crippen molar-refractivity contribution in [3.8, 4) is 0 Å². The van der Waals surface area contributed by atoms with Gasteiger partial charge >= 0.3 is 0 Å². The van der Waals surface area contributed by atoms with Gasteiger partial charge < -0.3 is 15.6 Å². The van der Waals surface area contributed by atoms with Crippen molar-refractivity contribution >= 4 is 28.3 Å². The van der Waals surface area contributed by atoms with Gasteiger partial charge in [0.1, 0.15) is 5.82 Å². The summed E-state index contributed by atoms with van der Waals surface area (Å²) in [7, 11) is -1.99. The minimum absolute atomic E-state index is 0. The Kier molecular flexibility index (Phi) is 8.37. The van der Waals surface area contributed by atoms with Gasteiger partial charge in [-0.2, -0.15) is 0 Å². The van der Waals surface area contributed by atoms with Crippen LogP contribution < -0.4 is 15.8 Å². The number of carbonyl (C=O) groups excluding carboxylic acids is 1. The molecule has 0 aliphatic carbocycles. The molecule has 0 aromatic carbocycles. The molecule has 24 heavy (non-hydrogen) atoms. The van der Waals surface area contributed by atoms with E-state index in [0.29, 0.717) is 12.4 Å². The van der Waals surface area contributed by atoms with E-state index in [9.17, 15) is 13.2 Å². The van der Waals surface area contributed by atoms with Gasteiger partial charge in [-0.3, -0.25) is 4.79 Å². The van der Waals surface area contributed by atoms with Crippen LogP contribution in [0.5, 0.6) is 0 Å². The fourth-order valence-corrected chi connectivity index (χ4v) is 2.91. The molecule has 0 spiro atoms. The number of nitrogens with zero attached hydrogens (tertiary/aromatic N) is 2. The molecule has 0 saturated heterocycles. The maximum atomic E-state index is 12.1. The number of hydrogen-bond donors (Lipinski definition) is 3. The first-order chi connectivity index (χ1) is 10.5. The second-order valence-electron chi connectivity index (χ2n) is 6.21. The van der Waals surface area contributed by atoms with Crippen molar-refractivity contribution in [3.63, 3.8) is 0 Å². The van der Waals surface area contributed by atoms with Crippen LogP contribution in [0.3, 0.4) is 0 Å². The summed E-state index contributed by atoms with van der Waals surface area (Å²) in [5, 5.41) is 2.81. The smallest absolute Gasteiger partial charge is 0.259 e. The average Bonchev–Trinajstić information content (AvgIpc) is 2.79. The zero-order valence-electron chi connectivity index (χ0n) is 14.8. The van der Waals surface area contributed by atoms with E-state index in [4.69, 9.17) is 5.73 Å². The summed E-state index contributed by atoms with van der Waals surface area (Å²) in [4.78, 5) is 16.0. The zero-order chi connectivity index (χ0) is 17.8. The number of carbonyl (C=O) groups is 1. The maximum absolute atomic E-state index is 12.1. The van der Waals surface area contributed by atoms with Crippen molar-refractivity contribution in [2.24, 2.45) is 18.7 Å². The highest BCUT2D eigenvalue weighted by atomic mass is 35.5. The summed E-state index contributed by atoms with van der Waals surface area (Å²) in [6, 6.07) is 0. The fraction of sp³-hybridized carbons (Fsp3) is 0.714. The number of nitrogens with two attached hydrogens (primary N) is 1. The molecule has 0 aliphatic heterocycles. The topological polar surface area (TPSA) is 119 Å². The fourth-order valence-electron chi connectivity index (χ4n) is 1.84. The first kappa shape index (κ1) is 22.8. The number of sulfonamides is 1. The molecule has 0 saturated carbocycles. The highest BCUT2D eigenvalue weighted by Gasteiger charge is 2.28. The largest absolute Gasteiger partial charge is 0.349 e. The Bertz CT molecular complexity index is 640. The molecule has 10 heteroatoms. The molecule has 1 atom stereocenters. The van der Waals surface area contributed by atoms with E-state index in [0.717, 1.165) is 0 Å². The van der Waals surface area contributed by atoms with E-state index in [2.05, 4.69) is 15.0 Å². The number of aryl methyl sites for hydroxylation is 2. The minimum Gasteiger partial charge on any atom is -0.349 e. The number of hydrogen-bond acceptors (Lipinski definition) is 5. The quantitative estimate of drug-likeness (QED) is 0.598. The first-order valence-electron chi connectivity index (χ1n) is 7.52. The molecule has 1 aromatic rings. The predicted molar refractivity (Wildman–Crippen MR) is 95.4 cm³/mol. The molecule has 1 amide bonds. The molecule has 1 aromatic heterocycles. The van der Waals surface area contributed by atoms with Crippen molar-refractivity contribution in [1.29, 1.82) is 0 Å². The van der Waals surface area contributed by atoms with Crippen molar-refractivity contribution in [1.82, 2.24) is 19.6 Å². The predicted octanol–water partition coefficient (Wildman–Crippen LogP) is 0.308. The first-order valence-corrected chi connectivity index (χ1v) is 9.01. The van der Waals surface area contributed by atoms with Gasteiger partial charge in [-0.05, 0) is 19.8 Å². The van der Waals surface area contributed by atoms with Crippen molar-refractivity contribution in [2.45, 2.75) is 44.7 Å². The Labute approximate surface area is 150 Å².